The molecule has 0 bridgehead atoms. The molecule has 3 rings (SSSR count). The van der Waals surface area contributed by atoms with Gasteiger partial charge in [0.25, 0.3) is 5.91 Å². The van der Waals surface area contributed by atoms with Gasteiger partial charge in [-0.1, -0.05) is 18.2 Å². The normalized spacial score (nSPS) is 11.0. The van der Waals surface area contributed by atoms with Gasteiger partial charge in [0.2, 0.25) is 0 Å². The highest BCUT2D eigenvalue weighted by Crippen LogP contribution is 2.31. The van der Waals surface area contributed by atoms with Gasteiger partial charge in [0.15, 0.2) is 0 Å². The summed E-state index contributed by atoms with van der Waals surface area (Å²) in [6.07, 6.45) is -3.00. The van der Waals surface area contributed by atoms with Crippen molar-refractivity contribution in [3.8, 4) is 5.75 Å². The number of nitrogens with one attached hydrogen (secondary N) is 2. The van der Waals surface area contributed by atoms with Crippen molar-refractivity contribution < 1.29 is 22.7 Å². The molecule has 0 aliphatic heterocycles. The van der Waals surface area contributed by atoms with Gasteiger partial charge in [-0.2, -0.15) is 13.2 Å². The van der Waals surface area contributed by atoms with Crippen molar-refractivity contribution in [2.24, 2.45) is 0 Å². The standard InChI is InChI=1S/C20H16F3N3O2/c1-28-17-10-3-2-9-16(17)26-18-15(8-5-11-24-18)19(27)25-14-7-4-6-13(12-14)20(21,22)23/h2-12H,1H3,(H,24,26)(H,25,27). The fraction of sp³-hybridized carbons (Fsp3) is 0.100. The zero-order chi connectivity index (χ0) is 20.1. The fourth-order valence-electron chi connectivity index (χ4n) is 2.54. The Morgan fingerprint density at radius 3 is 2.57 bits per heavy atom. The van der Waals surface area contributed by atoms with E-state index >= 15 is 0 Å². The predicted molar refractivity (Wildman–Crippen MR) is 99.9 cm³/mol. The Balaban J connectivity index is 1.86. The topological polar surface area (TPSA) is 63.2 Å². The van der Waals surface area contributed by atoms with Crippen molar-refractivity contribution in [3.63, 3.8) is 0 Å². The van der Waals surface area contributed by atoms with Crippen molar-refractivity contribution in [3.05, 3.63) is 78.0 Å². The number of alkyl halides is 3. The maximum absolute atomic E-state index is 12.9. The van der Waals surface area contributed by atoms with E-state index in [0.717, 1.165) is 12.1 Å². The summed E-state index contributed by atoms with van der Waals surface area (Å²) in [7, 11) is 1.51. The first-order chi connectivity index (χ1) is 13.4. The maximum Gasteiger partial charge on any atom is 0.416 e. The molecule has 28 heavy (non-hydrogen) atoms. The lowest BCUT2D eigenvalue weighted by molar-refractivity contribution is -0.137. The minimum Gasteiger partial charge on any atom is -0.495 e. The number of pyridine rings is 1. The van der Waals surface area contributed by atoms with Gasteiger partial charge in [0.05, 0.1) is 23.9 Å². The molecule has 0 atom stereocenters. The molecular weight excluding hydrogens is 371 g/mol. The summed E-state index contributed by atoms with van der Waals surface area (Å²) in [6, 6.07) is 14.6. The number of para-hydroxylation sites is 2. The van der Waals surface area contributed by atoms with E-state index in [1.165, 1.54) is 31.5 Å². The largest absolute Gasteiger partial charge is 0.495 e. The highest BCUT2D eigenvalue weighted by molar-refractivity contribution is 6.07. The Hall–Kier alpha value is -3.55. The van der Waals surface area contributed by atoms with Gasteiger partial charge in [0.1, 0.15) is 11.6 Å². The number of benzene rings is 2. The second-order valence-electron chi connectivity index (χ2n) is 5.76. The van der Waals surface area contributed by atoms with Gasteiger partial charge in [0, 0.05) is 11.9 Å². The smallest absolute Gasteiger partial charge is 0.416 e. The third-order valence-electron chi connectivity index (χ3n) is 3.86. The van der Waals surface area contributed by atoms with E-state index in [-0.39, 0.29) is 17.1 Å². The number of carbonyl (C=O) groups excluding carboxylic acids is 1. The summed E-state index contributed by atoms with van der Waals surface area (Å²) in [5.41, 5.74) is -0.0431. The first kappa shape index (κ1) is 19.2. The Morgan fingerprint density at radius 1 is 1.04 bits per heavy atom. The molecule has 0 spiro atoms. The fourth-order valence-corrected chi connectivity index (χ4v) is 2.54. The first-order valence-corrected chi connectivity index (χ1v) is 8.22. The highest BCUT2D eigenvalue weighted by atomic mass is 19.4. The van der Waals surface area contributed by atoms with Crippen LogP contribution in [0.25, 0.3) is 0 Å². The number of rotatable bonds is 5. The third kappa shape index (κ3) is 4.40. The van der Waals surface area contributed by atoms with E-state index in [2.05, 4.69) is 15.6 Å². The minimum absolute atomic E-state index is 0.0342. The second kappa shape index (κ2) is 7.99. The van der Waals surface area contributed by atoms with Crippen LogP contribution in [-0.4, -0.2) is 18.0 Å². The van der Waals surface area contributed by atoms with Gasteiger partial charge in [-0.3, -0.25) is 4.79 Å². The molecule has 0 unspecified atom stereocenters. The number of amides is 1. The average molecular weight is 387 g/mol. The van der Waals surface area contributed by atoms with Crippen LogP contribution in [0, 0.1) is 0 Å². The quantitative estimate of drug-likeness (QED) is 0.639. The second-order valence-corrected chi connectivity index (χ2v) is 5.76. The molecule has 0 aliphatic rings. The Morgan fingerprint density at radius 2 is 1.82 bits per heavy atom. The number of ether oxygens (including phenoxy) is 1. The number of anilines is 3. The van der Waals surface area contributed by atoms with Crippen LogP contribution < -0.4 is 15.4 Å². The zero-order valence-electron chi connectivity index (χ0n) is 14.7. The number of methoxy groups -OCH3 is 1. The van der Waals surface area contributed by atoms with Crippen LogP contribution in [0.3, 0.4) is 0 Å². The minimum atomic E-state index is -4.49. The number of halogens is 3. The van der Waals surface area contributed by atoms with Crippen LogP contribution in [-0.2, 0) is 6.18 Å². The van der Waals surface area contributed by atoms with Gasteiger partial charge < -0.3 is 15.4 Å². The SMILES string of the molecule is COc1ccccc1Nc1ncccc1C(=O)Nc1cccc(C(F)(F)F)c1. The maximum atomic E-state index is 12.9. The first-order valence-electron chi connectivity index (χ1n) is 8.22. The van der Waals surface area contributed by atoms with E-state index in [1.807, 2.05) is 0 Å². The van der Waals surface area contributed by atoms with Gasteiger partial charge in [-0.15, -0.1) is 0 Å². The average Bonchev–Trinajstić information content (AvgIpc) is 2.68. The van der Waals surface area contributed by atoms with Crippen LogP contribution in [0.15, 0.2) is 66.9 Å². The molecule has 0 radical (unpaired) electrons. The summed E-state index contributed by atoms with van der Waals surface area (Å²) in [6.45, 7) is 0. The lowest BCUT2D eigenvalue weighted by Gasteiger charge is -2.14. The summed E-state index contributed by atoms with van der Waals surface area (Å²) < 4.78 is 43.8. The molecule has 5 nitrogen and oxygen atoms in total. The number of hydrogen-bond acceptors (Lipinski definition) is 4. The molecule has 1 heterocycles. The third-order valence-corrected chi connectivity index (χ3v) is 3.86. The lowest BCUT2D eigenvalue weighted by Crippen LogP contribution is -2.15. The molecule has 144 valence electrons. The lowest BCUT2D eigenvalue weighted by atomic mass is 10.1. The number of nitrogens with zero attached hydrogens (tertiary/aromatic N) is 1. The van der Waals surface area contributed by atoms with E-state index < -0.39 is 17.6 Å². The molecule has 0 saturated heterocycles. The van der Waals surface area contributed by atoms with Gasteiger partial charge in [-0.25, -0.2) is 4.98 Å². The van der Waals surface area contributed by atoms with E-state index in [4.69, 9.17) is 4.74 Å². The van der Waals surface area contributed by atoms with Crippen LogP contribution in [0.5, 0.6) is 5.75 Å². The molecule has 1 aromatic heterocycles. The highest BCUT2D eigenvalue weighted by Gasteiger charge is 2.30. The number of hydrogen-bond donors (Lipinski definition) is 2. The molecule has 3 aromatic rings. The van der Waals surface area contributed by atoms with Crippen LogP contribution in [0.2, 0.25) is 0 Å². The van der Waals surface area contributed by atoms with Crippen molar-refractivity contribution >= 4 is 23.1 Å². The predicted octanol–water partition coefficient (Wildman–Crippen LogP) is 5.10. The van der Waals surface area contributed by atoms with Crippen molar-refractivity contribution in [2.45, 2.75) is 6.18 Å². The Labute approximate surface area is 159 Å². The van der Waals surface area contributed by atoms with Gasteiger partial charge >= 0.3 is 6.18 Å². The Kier molecular flexibility index (Phi) is 5.49. The molecular formula is C20H16F3N3O2. The zero-order valence-corrected chi connectivity index (χ0v) is 14.7. The molecule has 0 fully saturated rings. The van der Waals surface area contributed by atoms with Crippen molar-refractivity contribution in [1.82, 2.24) is 4.98 Å². The summed E-state index contributed by atoms with van der Waals surface area (Å²) >= 11 is 0. The van der Waals surface area contributed by atoms with Crippen LogP contribution >= 0.6 is 0 Å². The van der Waals surface area contributed by atoms with E-state index in [1.54, 1.807) is 30.3 Å². The van der Waals surface area contributed by atoms with E-state index in [0.29, 0.717) is 11.4 Å². The molecule has 8 heteroatoms. The number of carbonyl (C=O) groups is 1. The summed E-state index contributed by atoms with van der Waals surface area (Å²) in [5, 5.41) is 5.49. The Bertz CT molecular complexity index is 990. The summed E-state index contributed by atoms with van der Waals surface area (Å²) in [5.74, 6) is 0.207. The molecule has 0 saturated carbocycles. The molecule has 1 amide bonds. The monoisotopic (exact) mass is 387 g/mol. The summed E-state index contributed by atoms with van der Waals surface area (Å²) in [4.78, 5) is 16.8. The van der Waals surface area contributed by atoms with E-state index in [9.17, 15) is 18.0 Å². The molecule has 2 N–H and O–H groups in total. The molecule has 0 aliphatic carbocycles. The number of aromatic nitrogens is 1. The van der Waals surface area contributed by atoms with Crippen LogP contribution in [0.4, 0.5) is 30.4 Å². The van der Waals surface area contributed by atoms with Crippen LogP contribution in [0.1, 0.15) is 15.9 Å². The molecule has 2 aromatic carbocycles. The van der Waals surface area contributed by atoms with Gasteiger partial charge in [-0.05, 0) is 42.5 Å². The van der Waals surface area contributed by atoms with Crippen molar-refractivity contribution in [2.75, 3.05) is 17.7 Å². The van der Waals surface area contributed by atoms with Crippen molar-refractivity contribution in [1.29, 1.82) is 0 Å².